The summed E-state index contributed by atoms with van der Waals surface area (Å²) in [5.41, 5.74) is 5.23. The second-order valence-corrected chi connectivity index (χ2v) is 3.59. The molecule has 1 amide bonds. The average Bonchev–Trinajstić information content (AvgIpc) is 2.57. The van der Waals surface area contributed by atoms with E-state index in [9.17, 15) is 4.79 Å². The van der Waals surface area contributed by atoms with Crippen LogP contribution in [0.5, 0.6) is 0 Å². The van der Waals surface area contributed by atoms with Gasteiger partial charge in [-0.2, -0.15) is 0 Å². The third-order valence-electron chi connectivity index (χ3n) is 1.58. The fourth-order valence-electron chi connectivity index (χ4n) is 0.975. The van der Waals surface area contributed by atoms with Crippen molar-refractivity contribution in [1.29, 1.82) is 0 Å². The van der Waals surface area contributed by atoms with Crippen LogP contribution in [0.1, 0.15) is 24.4 Å². The number of nitrogens with zero attached hydrogens (tertiary/aromatic N) is 1. The van der Waals surface area contributed by atoms with Crippen molar-refractivity contribution in [1.82, 2.24) is 10.3 Å². The highest BCUT2D eigenvalue weighted by Gasteiger charge is 2.18. The van der Waals surface area contributed by atoms with E-state index >= 15 is 0 Å². The van der Waals surface area contributed by atoms with Crippen LogP contribution in [0, 0.1) is 0 Å². The molecule has 0 saturated carbocycles. The van der Waals surface area contributed by atoms with Gasteiger partial charge >= 0.3 is 0 Å². The van der Waals surface area contributed by atoms with Crippen molar-refractivity contribution in [3.63, 3.8) is 0 Å². The Kier molecular flexibility index (Phi) is 3.85. The van der Waals surface area contributed by atoms with Gasteiger partial charge < -0.3 is 11.1 Å². The minimum atomic E-state index is -0.431. The number of nitrogens with one attached hydrogen (secondary N) is 1. The SMILES string of the molecule is CCCNC(C(N)=O)c1nccs1. The summed E-state index contributed by atoms with van der Waals surface area (Å²) in [7, 11) is 0. The minimum Gasteiger partial charge on any atom is -0.368 e. The van der Waals surface area contributed by atoms with Gasteiger partial charge in [0.25, 0.3) is 0 Å². The molecule has 0 aliphatic heterocycles. The molecule has 0 saturated heterocycles. The molecule has 3 N–H and O–H groups in total. The van der Waals surface area contributed by atoms with E-state index in [2.05, 4.69) is 10.3 Å². The normalized spacial score (nSPS) is 12.7. The number of nitrogens with two attached hydrogens (primary N) is 1. The predicted octanol–water partition coefficient (Wildman–Crippen LogP) is 0.669. The first-order valence-corrected chi connectivity index (χ1v) is 5.05. The first-order valence-electron chi connectivity index (χ1n) is 4.17. The lowest BCUT2D eigenvalue weighted by Gasteiger charge is -2.11. The lowest BCUT2D eigenvalue weighted by Crippen LogP contribution is -2.33. The maximum Gasteiger partial charge on any atom is 0.241 e. The van der Waals surface area contributed by atoms with Crippen LogP contribution in [-0.4, -0.2) is 17.4 Å². The molecule has 0 aromatic carbocycles. The second-order valence-electron chi connectivity index (χ2n) is 2.66. The monoisotopic (exact) mass is 199 g/mol. The zero-order valence-corrected chi connectivity index (χ0v) is 8.30. The Morgan fingerprint density at radius 3 is 3.08 bits per heavy atom. The van der Waals surface area contributed by atoms with Gasteiger partial charge in [-0.1, -0.05) is 6.92 Å². The van der Waals surface area contributed by atoms with Gasteiger partial charge in [-0.3, -0.25) is 4.79 Å². The van der Waals surface area contributed by atoms with Crippen molar-refractivity contribution >= 4 is 17.2 Å². The van der Waals surface area contributed by atoms with Crippen LogP contribution in [-0.2, 0) is 4.79 Å². The zero-order valence-electron chi connectivity index (χ0n) is 7.49. The summed E-state index contributed by atoms with van der Waals surface area (Å²) in [5, 5.41) is 5.61. The fourth-order valence-corrected chi connectivity index (χ4v) is 1.69. The number of amides is 1. The van der Waals surface area contributed by atoms with Crippen LogP contribution in [0.3, 0.4) is 0 Å². The summed E-state index contributed by atoms with van der Waals surface area (Å²) in [4.78, 5) is 15.1. The van der Waals surface area contributed by atoms with E-state index in [1.165, 1.54) is 11.3 Å². The van der Waals surface area contributed by atoms with Crippen molar-refractivity contribution in [3.05, 3.63) is 16.6 Å². The molecule has 4 nitrogen and oxygen atoms in total. The first-order chi connectivity index (χ1) is 6.25. The fraction of sp³-hybridized carbons (Fsp3) is 0.500. The number of rotatable bonds is 5. The van der Waals surface area contributed by atoms with Gasteiger partial charge in [0.05, 0.1) is 0 Å². The van der Waals surface area contributed by atoms with Crippen molar-refractivity contribution < 1.29 is 4.79 Å². The molecular weight excluding hydrogens is 186 g/mol. The lowest BCUT2D eigenvalue weighted by atomic mass is 10.3. The molecule has 72 valence electrons. The van der Waals surface area contributed by atoms with E-state index in [-0.39, 0.29) is 5.91 Å². The van der Waals surface area contributed by atoms with Crippen LogP contribution >= 0.6 is 11.3 Å². The number of primary amides is 1. The topological polar surface area (TPSA) is 68.0 Å². The molecule has 0 aliphatic carbocycles. The summed E-state index contributed by atoms with van der Waals surface area (Å²) in [6.45, 7) is 2.81. The average molecular weight is 199 g/mol. The highest BCUT2D eigenvalue weighted by Crippen LogP contribution is 2.14. The van der Waals surface area contributed by atoms with Gasteiger partial charge in [0, 0.05) is 11.6 Å². The Balaban J connectivity index is 2.63. The van der Waals surface area contributed by atoms with E-state index in [4.69, 9.17) is 5.73 Å². The summed E-state index contributed by atoms with van der Waals surface area (Å²) < 4.78 is 0. The van der Waals surface area contributed by atoms with Gasteiger partial charge in [-0.25, -0.2) is 4.98 Å². The minimum absolute atomic E-state index is 0.372. The molecular formula is C8H13N3OS. The van der Waals surface area contributed by atoms with E-state index in [1.807, 2.05) is 12.3 Å². The Bertz CT molecular complexity index is 260. The van der Waals surface area contributed by atoms with Crippen LogP contribution in [0.15, 0.2) is 11.6 Å². The molecule has 0 aliphatic rings. The predicted molar refractivity (Wildman–Crippen MR) is 52.3 cm³/mol. The molecule has 0 spiro atoms. The number of thiazole rings is 1. The molecule has 1 heterocycles. The highest BCUT2D eigenvalue weighted by atomic mass is 32.1. The Morgan fingerprint density at radius 2 is 2.62 bits per heavy atom. The zero-order chi connectivity index (χ0) is 9.68. The van der Waals surface area contributed by atoms with Crippen molar-refractivity contribution in [3.8, 4) is 0 Å². The first kappa shape index (κ1) is 10.1. The molecule has 0 radical (unpaired) electrons. The van der Waals surface area contributed by atoms with Crippen LogP contribution in [0.25, 0.3) is 0 Å². The molecule has 5 heteroatoms. The molecule has 13 heavy (non-hydrogen) atoms. The van der Waals surface area contributed by atoms with E-state index in [1.54, 1.807) is 6.20 Å². The van der Waals surface area contributed by atoms with E-state index in [0.29, 0.717) is 0 Å². The van der Waals surface area contributed by atoms with Crippen molar-refractivity contribution in [2.24, 2.45) is 5.73 Å². The number of carbonyl (C=O) groups is 1. The number of hydrogen-bond donors (Lipinski definition) is 2. The van der Waals surface area contributed by atoms with Gasteiger partial charge in [0.15, 0.2) is 0 Å². The van der Waals surface area contributed by atoms with Gasteiger partial charge in [0.1, 0.15) is 11.0 Å². The van der Waals surface area contributed by atoms with Gasteiger partial charge in [-0.15, -0.1) is 11.3 Å². The quantitative estimate of drug-likeness (QED) is 0.732. The van der Waals surface area contributed by atoms with E-state index in [0.717, 1.165) is 18.0 Å². The lowest BCUT2D eigenvalue weighted by molar-refractivity contribution is -0.120. The Labute approximate surface area is 81.2 Å². The largest absolute Gasteiger partial charge is 0.368 e. The third-order valence-corrected chi connectivity index (χ3v) is 2.42. The number of aromatic nitrogens is 1. The summed E-state index contributed by atoms with van der Waals surface area (Å²) in [6.07, 6.45) is 2.64. The highest BCUT2D eigenvalue weighted by molar-refractivity contribution is 7.09. The molecule has 1 atom stereocenters. The molecule has 0 bridgehead atoms. The summed E-state index contributed by atoms with van der Waals surface area (Å²) in [5.74, 6) is -0.372. The van der Waals surface area contributed by atoms with Crippen molar-refractivity contribution in [2.75, 3.05) is 6.54 Å². The molecule has 1 unspecified atom stereocenters. The number of carbonyl (C=O) groups excluding carboxylic acids is 1. The molecule has 1 rings (SSSR count). The summed E-state index contributed by atoms with van der Waals surface area (Å²) >= 11 is 1.44. The Morgan fingerprint density at radius 1 is 1.85 bits per heavy atom. The second kappa shape index (κ2) is 4.94. The molecule has 1 aromatic rings. The summed E-state index contributed by atoms with van der Waals surface area (Å²) in [6, 6.07) is -0.431. The Hall–Kier alpha value is -0.940. The van der Waals surface area contributed by atoms with Gasteiger partial charge in [-0.05, 0) is 13.0 Å². The smallest absolute Gasteiger partial charge is 0.241 e. The third kappa shape index (κ3) is 2.78. The molecule has 0 fully saturated rings. The maximum atomic E-state index is 11.0. The van der Waals surface area contributed by atoms with Crippen LogP contribution in [0.2, 0.25) is 0 Å². The van der Waals surface area contributed by atoms with Crippen LogP contribution < -0.4 is 11.1 Å². The number of hydrogen-bond acceptors (Lipinski definition) is 4. The van der Waals surface area contributed by atoms with Crippen molar-refractivity contribution in [2.45, 2.75) is 19.4 Å². The van der Waals surface area contributed by atoms with Crippen LogP contribution in [0.4, 0.5) is 0 Å². The maximum absolute atomic E-state index is 11.0. The molecule has 1 aromatic heterocycles. The standard InChI is InChI=1S/C8H13N3OS/c1-2-3-10-6(7(9)12)8-11-4-5-13-8/h4-6,10H,2-3H2,1H3,(H2,9,12). The van der Waals surface area contributed by atoms with Gasteiger partial charge in [0.2, 0.25) is 5.91 Å². The van der Waals surface area contributed by atoms with E-state index < -0.39 is 6.04 Å².